The number of benzene rings is 1. The Morgan fingerprint density at radius 3 is 2.85 bits per heavy atom. The fourth-order valence-electron chi connectivity index (χ4n) is 3.13. The number of aryl methyl sites for hydroxylation is 2. The average molecular weight is 267 g/mol. The highest BCUT2D eigenvalue weighted by Crippen LogP contribution is 2.34. The molecule has 1 aliphatic rings. The second kappa shape index (κ2) is 5.73. The summed E-state index contributed by atoms with van der Waals surface area (Å²) in [5.74, 6) is 6.22. The Morgan fingerprint density at radius 2 is 2.10 bits per heavy atom. The van der Waals surface area contributed by atoms with Gasteiger partial charge in [-0.25, -0.2) is 0 Å². The van der Waals surface area contributed by atoms with Crippen LogP contribution in [0.25, 0.3) is 0 Å². The number of nitrogens with zero attached hydrogens (tertiary/aromatic N) is 1. The molecule has 3 heteroatoms. The molecule has 1 aliphatic carbocycles. The van der Waals surface area contributed by atoms with Crippen molar-refractivity contribution in [2.24, 2.45) is 5.84 Å². The largest absolute Gasteiger partial charge is 0.271 e. The predicted molar refractivity (Wildman–Crippen MR) is 81.3 cm³/mol. The lowest BCUT2D eigenvalue weighted by molar-refractivity contribution is 0.429. The number of hydrogen-bond acceptors (Lipinski definition) is 3. The summed E-state index contributed by atoms with van der Waals surface area (Å²) in [5, 5.41) is 0. The Balaban J connectivity index is 1.79. The molecular formula is C17H21N3. The SMILES string of the molecule is Cc1ccc(CC(NN)C2CCc3cccnc32)cc1. The molecule has 0 radical (unpaired) electrons. The van der Waals surface area contributed by atoms with Gasteiger partial charge in [-0.2, -0.15) is 0 Å². The van der Waals surface area contributed by atoms with Crippen LogP contribution in [-0.2, 0) is 12.8 Å². The van der Waals surface area contributed by atoms with E-state index in [2.05, 4.69) is 47.7 Å². The summed E-state index contributed by atoms with van der Waals surface area (Å²) in [4.78, 5) is 4.57. The van der Waals surface area contributed by atoms with Gasteiger partial charge in [0.15, 0.2) is 0 Å². The molecule has 3 rings (SSSR count). The normalized spacial score (nSPS) is 18.8. The maximum Gasteiger partial charge on any atom is 0.0482 e. The van der Waals surface area contributed by atoms with Crippen LogP contribution in [0.1, 0.15) is 34.7 Å². The molecule has 0 saturated heterocycles. The van der Waals surface area contributed by atoms with Crippen molar-refractivity contribution < 1.29 is 0 Å². The zero-order valence-corrected chi connectivity index (χ0v) is 11.8. The van der Waals surface area contributed by atoms with Crippen LogP contribution in [0.5, 0.6) is 0 Å². The summed E-state index contributed by atoms with van der Waals surface area (Å²) in [5.41, 5.74) is 8.22. The second-order valence-electron chi connectivity index (χ2n) is 5.66. The van der Waals surface area contributed by atoms with Crippen LogP contribution in [0.2, 0.25) is 0 Å². The van der Waals surface area contributed by atoms with E-state index in [4.69, 9.17) is 5.84 Å². The third kappa shape index (κ3) is 2.60. The van der Waals surface area contributed by atoms with Gasteiger partial charge in [0.2, 0.25) is 0 Å². The van der Waals surface area contributed by atoms with Crippen molar-refractivity contribution in [1.29, 1.82) is 0 Å². The standard InChI is InChI=1S/C17H21N3/c1-12-4-6-13(7-5-12)11-16(20-18)15-9-8-14-3-2-10-19-17(14)15/h2-7,10,15-16,20H,8-9,11,18H2,1H3. The number of nitrogens with one attached hydrogen (secondary N) is 1. The van der Waals surface area contributed by atoms with Gasteiger partial charge in [-0.05, 0) is 43.4 Å². The Kier molecular flexibility index (Phi) is 3.81. The zero-order chi connectivity index (χ0) is 13.9. The van der Waals surface area contributed by atoms with Crippen molar-refractivity contribution in [3.63, 3.8) is 0 Å². The molecule has 0 spiro atoms. The van der Waals surface area contributed by atoms with Gasteiger partial charge >= 0.3 is 0 Å². The van der Waals surface area contributed by atoms with E-state index in [1.807, 2.05) is 12.3 Å². The number of fused-ring (bicyclic) bond motifs is 1. The van der Waals surface area contributed by atoms with Crippen LogP contribution in [0.15, 0.2) is 42.6 Å². The fourth-order valence-corrected chi connectivity index (χ4v) is 3.13. The summed E-state index contributed by atoms with van der Waals surface area (Å²) in [7, 11) is 0. The Labute approximate surface area is 120 Å². The summed E-state index contributed by atoms with van der Waals surface area (Å²) in [6, 6.07) is 13.1. The second-order valence-corrected chi connectivity index (χ2v) is 5.66. The first-order valence-electron chi connectivity index (χ1n) is 7.23. The lowest BCUT2D eigenvalue weighted by Crippen LogP contribution is -2.41. The molecule has 0 saturated carbocycles. The van der Waals surface area contributed by atoms with Gasteiger partial charge in [0.1, 0.15) is 0 Å². The molecule has 20 heavy (non-hydrogen) atoms. The molecule has 2 unspecified atom stereocenters. The summed E-state index contributed by atoms with van der Waals surface area (Å²) in [6.07, 6.45) is 5.07. The van der Waals surface area contributed by atoms with Crippen molar-refractivity contribution in [1.82, 2.24) is 10.4 Å². The number of nitrogens with two attached hydrogens (primary N) is 1. The molecule has 2 atom stereocenters. The molecular weight excluding hydrogens is 246 g/mol. The fraction of sp³-hybridized carbons (Fsp3) is 0.353. The van der Waals surface area contributed by atoms with E-state index in [-0.39, 0.29) is 6.04 Å². The molecule has 0 bridgehead atoms. The van der Waals surface area contributed by atoms with Gasteiger partial charge in [-0.15, -0.1) is 0 Å². The first-order chi connectivity index (χ1) is 9.78. The van der Waals surface area contributed by atoms with E-state index in [9.17, 15) is 0 Å². The minimum absolute atomic E-state index is 0.244. The Bertz CT molecular complexity index is 577. The van der Waals surface area contributed by atoms with Crippen molar-refractivity contribution in [3.8, 4) is 0 Å². The number of hydrogen-bond donors (Lipinski definition) is 2. The maximum absolute atomic E-state index is 5.81. The smallest absolute Gasteiger partial charge is 0.0482 e. The van der Waals surface area contributed by atoms with E-state index in [1.165, 1.54) is 22.4 Å². The molecule has 104 valence electrons. The third-order valence-electron chi connectivity index (χ3n) is 4.28. The lowest BCUT2D eigenvalue weighted by atomic mass is 9.91. The first kappa shape index (κ1) is 13.3. The molecule has 1 heterocycles. The summed E-state index contributed by atoms with van der Waals surface area (Å²) in [6.45, 7) is 2.11. The van der Waals surface area contributed by atoms with Crippen molar-refractivity contribution >= 4 is 0 Å². The first-order valence-corrected chi connectivity index (χ1v) is 7.23. The Hall–Kier alpha value is -1.71. The maximum atomic E-state index is 5.81. The number of hydrazine groups is 1. The van der Waals surface area contributed by atoms with Gasteiger partial charge in [0.05, 0.1) is 0 Å². The van der Waals surface area contributed by atoms with Gasteiger partial charge in [0, 0.05) is 23.9 Å². The van der Waals surface area contributed by atoms with Crippen molar-refractivity contribution in [2.45, 2.75) is 38.1 Å². The highest BCUT2D eigenvalue weighted by atomic mass is 15.2. The van der Waals surface area contributed by atoms with Crippen molar-refractivity contribution in [2.75, 3.05) is 0 Å². The molecule has 3 N–H and O–H groups in total. The number of rotatable bonds is 4. The topological polar surface area (TPSA) is 50.9 Å². The van der Waals surface area contributed by atoms with Gasteiger partial charge < -0.3 is 0 Å². The molecule has 0 aliphatic heterocycles. The lowest BCUT2D eigenvalue weighted by Gasteiger charge is -2.23. The summed E-state index contributed by atoms with van der Waals surface area (Å²) >= 11 is 0. The van der Waals surface area contributed by atoms with Crippen LogP contribution in [0.3, 0.4) is 0 Å². The van der Waals surface area contributed by atoms with Crippen LogP contribution in [0.4, 0.5) is 0 Å². The minimum Gasteiger partial charge on any atom is -0.271 e. The van der Waals surface area contributed by atoms with Gasteiger partial charge in [0.25, 0.3) is 0 Å². The quantitative estimate of drug-likeness (QED) is 0.661. The van der Waals surface area contributed by atoms with Crippen LogP contribution >= 0.6 is 0 Å². The van der Waals surface area contributed by atoms with Crippen LogP contribution in [-0.4, -0.2) is 11.0 Å². The average Bonchev–Trinajstić information content (AvgIpc) is 2.91. The molecule has 1 aromatic heterocycles. The van der Waals surface area contributed by atoms with Crippen LogP contribution < -0.4 is 11.3 Å². The van der Waals surface area contributed by atoms with E-state index >= 15 is 0 Å². The molecule has 3 nitrogen and oxygen atoms in total. The van der Waals surface area contributed by atoms with E-state index < -0.39 is 0 Å². The van der Waals surface area contributed by atoms with Crippen LogP contribution in [0, 0.1) is 6.92 Å². The minimum atomic E-state index is 0.244. The molecule has 1 aromatic carbocycles. The molecule has 0 amide bonds. The van der Waals surface area contributed by atoms with Crippen molar-refractivity contribution in [3.05, 3.63) is 65.0 Å². The Morgan fingerprint density at radius 1 is 1.30 bits per heavy atom. The molecule has 0 fully saturated rings. The zero-order valence-electron chi connectivity index (χ0n) is 11.8. The summed E-state index contributed by atoms with van der Waals surface area (Å²) < 4.78 is 0. The van der Waals surface area contributed by atoms with E-state index in [1.54, 1.807) is 0 Å². The predicted octanol–water partition coefficient (Wildman–Crippen LogP) is 2.49. The third-order valence-corrected chi connectivity index (χ3v) is 4.28. The molecule has 2 aromatic rings. The van der Waals surface area contributed by atoms with E-state index in [0.29, 0.717) is 5.92 Å². The van der Waals surface area contributed by atoms with Gasteiger partial charge in [-0.3, -0.25) is 16.3 Å². The highest BCUT2D eigenvalue weighted by molar-refractivity contribution is 5.31. The number of aromatic nitrogens is 1. The highest BCUT2D eigenvalue weighted by Gasteiger charge is 2.30. The number of pyridine rings is 1. The van der Waals surface area contributed by atoms with E-state index in [0.717, 1.165) is 19.3 Å². The monoisotopic (exact) mass is 267 g/mol. The van der Waals surface area contributed by atoms with Gasteiger partial charge in [-0.1, -0.05) is 35.9 Å².